The van der Waals surface area contributed by atoms with Crippen LogP contribution >= 0.6 is 0 Å². The van der Waals surface area contributed by atoms with Crippen LogP contribution in [0.15, 0.2) is 54.0 Å². The van der Waals surface area contributed by atoms with Crippen molar-refractivity contribution >= 4 is 17.5 Å². The molecule has 0 unspecified atom stereocenters. The van der Waals surface area contributed by atoms with E-state index in [0.29, 0.717) is 0 Å². The lowest BCUT2D eigenvalue weighted by molar-refractivity contribution is 0.174. The van der Waals surface area contributed by atoms with Gasteiger partial charge in [-0.1, -0.05) is 30.9 Å². The van der Waals surface area contributed by atoms with Gasteiger partial charge in [0.05, 0.1) is 5.70 Å². The second-order valence-corrected chi connectivity index (χ2v) is 6.26. The minimum Gasteiger partial charge on any atom is -0.454 e. The molecular formula is C22H21NO2. The zero-order valence-corrected chi connectivity index (χ0v) is 14.4. The summed E-state index contributed by atoms with van der Waals surface area (Å²) in [7, 11) is 0. The molecule has 0 fully saturated rings. The zero-order chi connectivity index (χ0) is 17.2. The van der Waals surface area contributed by atoms with Crippen molar-refractivity contribution in [3.8, 4) is 11.5 Å². The van der Waals surface area contributed by atoms with Gasteiger partial charge in [0, 0.05) is 17.4 Å². The summed E-state index contributed by atoms with van der Waals surface area (Å²) in [5.74, 6) is 1.55. The number of aryl methyl sites for hydroxylation is 2. The van der Waals surface area contributed by atoms with Crippen molar-refractivity contribution in [2.24, 2.45) is 4.99 Å². The van der Waals surface area contributed by atoms with Crippen LogP contribution in [0.4, 0.5) is 0 Å². The quantitative estimate of drug-likeness (QED) is 0.446. The molecule has 0 saturated heterocycles. The maximum absolute atomic E-state index is 5.52. The maximum atomic E-state index is 5.52. The number of rotatable bonds is 4. The van der Waals surface area contributed by atoms with Crippen molar-refractivity contribution in [3.63, 3.8) is 0 Å². The average molecular weight is 331 g/mol. The van der Waals surface area contributed by atoms with E-state index in [0.717, 1.165) is 40.3 Å². The van der Waals surface area contributed by atoms with Crippen molar-refractivity contribution in [1.29, 1.82) is 0 Å². The van der Waals surface area contributed by atoms with Crippen molar-refractivity contribution in [2.45, 2.75) is 26.2 Å². The summed E-state index contributed by atoms with van der Waals surface area (Å²) in [6.45, 7) is 6.24. The van der Waals surface area contributed by atoms with E-state index >= 15 is 0 Å². The number of allylic oxidation sites excluding steroid dienone is 2. The van der Waals surface area contributed by atoms with E-state index in [9.17, 15) is 0 Å². The van der Waals surface area contributed by atoms with Crippen LogP contribution in [0.2, 0.25) is 0 Å². The number of ether oxygens (including phenoxy) is 2. The Labute approximate surface area is 148 Å². The number of fused-ring (bicyclic) bond motifs is 2. The summed E-state index contributed by atoms with van der Waals surface area (Å²) in [5.41, 5.74) is 6.99. The number of nitrogens with zero attached hydrogens (tertiary/aromatic N) is 1. The third kappa shape index (κ3) is 2.86. The van der Waals surface area contributed by atoms with Crippen LogP contribution < -0.4 is 9.47 Å². The first kappa shape index (κ1) is 15.7. The molecule has 3 nitrogen and oxygen atoms in total. The number of hydrogen-bond acceptors (Lipinski definition) is 3. The molecule has 0 amide bonds. The Hall–Kier alpha value is -2.81. The summed E-state index contributed by atoms with van der Waals surface area (Å²) in [6.07, 6.45) is 7.28. The van der Waals surface area contributed by atoms with Crippen LogP contribution in [0.1, 0.15) is 35.6 Å². The normalized spacial score (nSPS) is 16.0. The molecular weight excluding hydrogens is 310 g/mol. The largest absolute Gasteiger partial charge is 0.454 e. The monoisotopic (exact) mass is 331 g/mol. The van der Waals surface area contributed by atoms with E-state index in [1.165, 1.54) is 24.0 Å². The van der Waals surface area contributed by atoms with Gasteiger partial charge in [0.15, 0.2) is 11.5 Å². The van der Waals surface area contributed by atoms with Gasteiger partial charge in [-0.05, 0) is 61.1 Å². The van der Waals surface area contributed by atoms with E-state index < -0.39 is 0 Å². The Morgan fingerprint density at radius 1 is 1.00 bits per heavy atom. The molecule has 2 aromatic rings. The Balaban J connectivity index is 1.85. The molecule has 0 radical (unpaired) electrons. The van der Waals surface area contributed by atoms with E-state index in [-0.39, 0.29) is 6.79 Å². The summed E-state index contributed by atoms with van der Waals surface area (Å²) >= 11 is 0. The van der Waals surface area contributed by atoms with E-state index in [4.69, 9.17) is 9.47 Å². The SMILES string of the molecule is C=C/C(=C(\N=CC)c1ccc2c(c1)CCC2)c1ccc2c(c1)OCO2. The average Bonchev–Trinajstić information content (AvgIpc) is 3.29. The predicted molar refractivity (Wildman–Crippen MR) is 102 cm³/mol. The highest BCUT2D eigenvalue weighted by atomic mass is 16.7. The van der Waals surface area contributed by atoms with Crippen molar-refractivity contribution in [2.75, 3.05) is 6.79 Å². The van der Waals surface area contributed by atoms with Crippen LogP contribution in [0.25, 0.3) is 11.3 Å². The highest BCUT2D eigenvalue weighted by Crippen LogP contribution is 2.37. The van der Waals surface area contributed by atoms with Gasteiger partial charge in [0.1, 0.15) is 0 Å². The first-order chi connectivity index (χ1) is 12.3. The molecule has 1 aliphatic carbocycles. The van der Waals surface area contributed by atoms with E-state index in [1.807, 2.05) is 37.4 Å². The van der Waals surface area contributed by atoms with Crippen molar-refractivity contribution < 1.29 is 9.47 Å². The summed E-state index contributed by atoms with van der Waals surface area (Å²) in [5, 5.41) is 0. The van der Waals surface area contributed by atoms with Gasteiger partial charge >= 0.3 is 0 Å². The third-order valence-electron chi connectivity index (χ3n) is 4.77. The number of aliphatic imine (C=N–C) groups is 1. The Kier molecular flexibility index (Phi) is 4.14. The van der Waals surface area contributed by atoms with Crippen LogP contribution in [0, 0.1) is 0 Å². The standard InChI is InChI=1S/C22H21NO2/c1-3-19(17-10-11-20-21(13-17)25-14-24-20)22(23-4-2)18-9-8-15-6-5-7-16(15)12-18/h3-4,8-13H,1,5-7,14H2,2H3/b22-19+,23-4?. The van der Waals surface area contributed by atoms with Crippen molar-refractivity contribution in [3.05, 3.63) is 71.3 Å². The fourth-order valence-electron chi connectivity index (χ4n) is 3.56. The molecule has 3 heteroatoms. The molecule has 0 bridgehead atoms. The Morgan fingerprint density at radius 2 is 1.80 bits per heavy atom. The molecule has 1 heterocycles. The molecule has 0 saturated carbocycles. The molecule has 0 aromatic heterocycles. The fourth-order valence-corrected chi connectivity index (χ4v) is 3.56. The van der Waals surface area contributed by atoms with Crippen LogP contribution in [0.3, 0.4) is 0 Å². The third-order valence-corrected chi connectivity index (χ3v) is 4.77. The summed E-state index contributed by atoms with van der Waals surface area (Å²) in [4.78, 5) is 4.67. The predicted octanol–water partition coefficient (Wildman–Crippen LogP) is 5.05. The summed E-state index contributed by atoms with van der Waals surface area (Å²) in [6, 6.07) is 12.7. The first-order valence-electron chi connectivity index (χ1n) is 8.67. The lowest BCUT2D eigenvalue weighted by Crippen LogP contribution is -1.93. The first-order valence-corrected chi connectivity index (χ1v) is 8.67. The van der Waals surface area contributed by atoms with Gasteiger partial charge < -0.3 is 9.47 Å². The zero-order valence-electron chi connectivity index (χ0n) is 14.4. The van der Waals surface area contributed by atoms with Gasteiger partial charge in [-0.2, -0.15) is 0 Å². The van der Waals surface area contributed by atoms with Crippen LogP contribution in [0.5, 0.6) is 11.5 Å². The topological polar surface area (TPSA) is 30.8 Å². The molecule has 2 aromatic carbocycles. The van der Waals surface area contributed by atoms with Crippen LogP contribution in [-0.4, -0.2) is 13.0 Å². The molecule has 0 N–H and O–H groups in total. The van der Waals surface area contributed by atoms with Gasteiger partial charge in [0.25, 0.3) is 0 Å². The fraction of sp³-hybridized carbons (Fsp3) is 0.227. The lowest BCUT2D eigenvalue weighted by Gasteiger charge is -2.12. The lowest BCUT2D eigenvalue weighted by atomic mass is 9.97. The van der Waals surface area contributed by atoms with Gasteiger partial charge in [-0.15, -0.1) is 0 Å². The van der Waals surface area contributed by atoms with Gasteiger partial charge in [-0.25, -0.2) is 0 Å². The Morgan fingerprint density at radius 3 is 2.64 bits per heavy atom. The van der Waals surface area contributed by atoms with Gasteiger partial charge in [-0.3, -0.25) is 4.99 Å². The number of benzene rings is 2. The molecule has 2 aliphatic rings. The van der Waals surface area contributed by atoms with Crippen molar-refractivity contribution in [1.82, 2.24) is 0 Å². The second kappa shape index (κ2) is 6.60. The minimum absolute atomic E-state index is 0.275. The molecule has 126 valence electrons. The second-order valence-electron chi connectivity index (χ2n) is 6.26. The maximum Gasteiger partial charge on any atom is 0.231 e. The summed E-state index contributed by atoms with van der Waals surface area (Å²) < 4.78 is 10.9. The number of hydrogen-bond donors (Lipinski definition) is 0. The smallest absolute Gasteiger partial charge is 0.231 e. The molecule has 1 aliphatic heterocycles. The van der Waals surface area contributed by atoms with E-state index in [1.54, 1.807) is 0 Å². The molecule has 25 heavy (non-hydrogen) atoms. The highest BCUT2D eigenvalue weighted by molar-refractivity contribution is 5.97. The molecule has 0 spiro atoms. The molecule has 4 rings (SSSR count). The van der Waals surface area contributed by atoms with E-state index in [2.05, 4.69) is 29.8 Å². The minimum atomic E-state index is 0.275. The molecule has 0 atom stereocenters. The van der Waals surface area contributed by atoms with Gasteiger partial charge in [0.2, 0.25) is 6.79 Å². The Bertz CT molecular complexity index is 893. The highest BCUT2D eigenvalue weighted by Gasteiger charge is 2.17. The van der Waals surface area contributed by atoms with Crippen LogP contribution in [-0.2, 0) is 12.8 Å².